The van der Waals surface area contributed by atoms with E-state index < -0.39 is 0 Å². The van der Waals surface area contributed by atoms with Crippen LogP contribution in [-0.2, 0) is 0 Å². The van der Waals surface area contributed by atoms with Gasteiger partial charge in [0, 0.05) is 10.8 Å². The summed E-state index contributed by atoms with van der Waals surface area (Å²) in [6, 6.07) is 0. The largest absolute Gasteiger partial charge is 0.278 e. The fourth-order valence-electron chi connectivity index (χ4n) is 2.31. The second-order valence-corrected chi connectivity index (χ2v) is 7.45. The summed E-state index contributed by atoms with van der Waals surface area (Å²) in [7, 11) is 0.148. The fraction of sp³-hybridized carbons (Fsp3) is 0.867. The summed E-state index contributed by atoms with van der Waals surface area (Å²) in [5.41, 5.74) is 0. The predicted molar refractivity (Wildman–Crippen MR) is 83.4 cm³/mol. The first-order valence-corrected chi connectivity index (χ1v) is 9.23. The molecule has 0 bridgehead atoms. The van der Waals surface area contributed by atoms with Crippen molar-refractivity contribution in [3.63, 3.8) is 0 Å². The van der Waals surface area contributed by atoms with Crippen LogP contribution < -0.4 is 0 Å². The minimum Gasteiger partial charge on any atom is -0.278 e. The van der Waals surface area contributed by atoms with Crippen molar-refractivity contribution in [1.82, 2.24) is 0 Å². The molecule has 0 aromatic rings. The van der Waals surface area contributed by atoms with Crippen molar-refractivity contribution in [2.24, 2.45) is 4.99 Å². The molecule has 1 rings (SSSR count). The molecule has 0 aromatic heterocycles. The van der Waals surface area contributed by atoms with Crippen molar-refractivity contribution >= 4 is 15.9 Å². The fourth-order valence-corrected chi connectivity index (χ4v) is 4.57. The molecule has 17 heavy (non-hydrogen) atoms. The van der Waals surface area contributed by atoms with E-state index in [0.717, 1.165) is 0 Å². The molecule has 1 unspecified atom stereocenters. The second kappa shape index (κ2) is 9.99. The van der Waals surface area contributed by atoms with Gasteiger partial charge in [0.1, 0.15) is 0 Å². The molecule has 1 aliphatic heterocycles. The highest BCUT2D eigenvalue weighted by Crippen LogP contribution is 2.37. The van der Waals surface area contributed by atoms with Crippen molar-refractivity contribution in [2.45, 2.75) is 71.6 Å². The van der Waals surface area contributed by atoms with Gasteiger partial charge in [-0.25, -0.2) is 10.9 Å². The molecule has 1 heterocycles. The van der Waals surface area contributed by atoms with E-state index in [1.54, 1.807) is 5.04 Å². The molecular formula is C15H30NS. The molecule has 1 atom stereocenters. The van der Waals surface area contributed by atoms with Gasteiger partial charge in [-0.15, -0.1) is 0 Å². The number of unbranched alkanes of at least 4 members (excludes halogenated alkanes) is 6. The molecule has 0 aromatic carbocycles. The lowest BCUT2D eigenvalue weighted by molar-refractivity contribution is 0.659. The Kier molecular flexibility index (Phi) is 8.86. The van der Waals surface area contributed by atoms with E-state index in [2.05, 4.69) is 25.4 Å². The van der Waals surface area contributed by atoms with Gasteiger partial charge in [-0.05, 0) is 25.0 Å². The summed E-state index contributed by atoms with van der Waals surface area (Å²) in [4.78, 5) is 4.62. The number of thiol groups is 1. The average Bonchev–Trinajstić information content (AvgIpc) is 2.77. The van der Waals surface area contributed by atoms with Crippen LogP contribution in [0.25, 0.3) is 0 Å². The van der Waals surface area contributed by atoms with Gasteiger partial charge in [0.25, 0.3) is 0 Å². The zero-order valence-corrected chi connectivity index (χ0v) is 12.6. The maximum atomic E-state index is 4.62. The molecule has 1 radical (unpaired) electrons. The van der Waals surface area contributed by atoms with Gasteiger partial charge in [0.2, 0.25) is 0 Å². The van der Waals surface area contributed by atoms with Crippen LogP contribution in [0.15, 0.2) is 4.99 Å². The molecule has 1 nitrogen and oxygen atoms in total. The summed E-state index contributed by atoms with van der Waals surface area (Å²) >= 11 is 0. The van der Waals surface area contributed by atoms with Gasteiger partial charge < -0.3 is 0 Å². The Morgan fingerprint density at radius 1 is 1.00 bits per heavy atom. The summed E-state index contributed by atoms with van der Waals surface area (Å²) in [5.74, 6) is 2.73. The highest BCUT2D eigenvalue weighted by Gasteiger charge is 2.16. The lowest BCUT2D eigenvalue weighted by Gasteiger charge is -2.17. The average molecular weight is 256 g/mol. The van der Waals surface area contributed by atoms with Gasteiger partial charge in [-0.1, -0.05) is 52.4 Å². The molecule has 0 saturated heterocycles. The van der Waals surface area contributed by atoms with Gasteiger partial charge >= 0.3 is 0 Å². The molecule has 0 aliphatic carbocycles. The summed E-state index contributed by atoms with van der Waals surface area (Å²) in [6.07, 6.45) is 12.4. The molecule has 0 saturated carbocycles. The number of rotatable bonds is 10. The van der Waals surface area contributed by atoms with Crippen molar-refractivity contribution in [1.29, 1.82) is 0 Å². The zero-order valence-electron chi connectivity index (χ0n) is 11.7. The minimum atomic E-state index is 0.148. The van der Waals surface area contributed by atoms with E-state index in [9.17, 15) is 0 Å². The van der Waals surface area contributed by atoms with E-state index in [0.29, 0.717) is 0 Å². The van der Waals surface area contributed by atoms with Crippen molar-refractivity contribution in [2.75, 3.05) is 11.5 Å². The topological polar surface area (TPSA) is 12.4 Å². The Morgan fingerprint density at radius 3 is 2.47 bits per heavy atom. The van der Waals surface area contributed by atoms with Gasteiger partial charge in [-0.2, -0.15) is 0 Å². The quantitative estimate of drug-likeness (QED) is 0.412. The molecule has 0 amide bonds. The van der Waals surface area contributed by atoms with Gasteiger partial charge in [0.15, 0.2) is 0 Å². The Hall–Kier alpha value is 0.0200. The third-order valence-corrected chi connectivity index (χ3v) is 5.97. The Labute approximate surface area is 111 Å². The van der Waals surface area contributed by atoms with E-state index in [1.165, 1.54) is 69.3 Å². The van der Waals surface area contributed by atoms with Crippen molar-refractivity contribution < 1.29 is 0 Å². The molecular weight excluding hydrogens is 226 g/mol. The van der Waals surface area contributed by atoms with Crippen LogP contribution in [-0.4, -0.2) is 16.5 Å². The number of hydrogen-bond donors (Lipinski definition) is 1. The summed E-state index contributed by atoms with van der Waals surface area (Å²) in [5, 5.41) is 1.57. The van der Waals surface area contributed by atoms with Gasteiger partial charge in [-0.3, -0.25) is 4.99 Å². The van der Waals surface area contributed by atoms with E-state index in [1.807, 2.05) is 0 Å². The first-order chi connectivity index (χ1) is 8.38. The molecule has 0 N–H and O–H groups in total. The van der Waals surface area contributed by atoms with Crippen LogP contribution in [0.4, 0.5) is 0 Å². The van der Waals surface area contributed by atoms with E-state index >= 15 is 0 Å². The second-order valence-electron chi connectivity index (χ2n) is 5.05. The highest BCUT2D eigenvalue weighted by atomic mass is 32.2. The predicted octanol–water partition coefficient (Wildman–Crippen LogP) is 5.11. The summed E-state index contributed by atoms with van der Waals surface area (Å²) in [6.45, 7) is 6.74. The summed E-state index contributed by atoms with van der Waals surface area (Å²) < 4.78 is 0. The first-order valence-electron chi connectivity index (χ1n) is 7.51. The Balaban J connectivity index is 2.08. The molecule has 2 heteroatoms. The van der Waals surface area contributed by atoms with Crippen molar-refractivity contribution in [3.8, 4) is 0 Å². The van der Waals surface area contributed by atoms with Crippen LogP contribution in [0.3, 0.4) is 0 Å². The van der Waals surface area contributed by atoms with E-state index in [-0.39, 0.29) is 10.9 Å². The molecule has 0 spiro atoms. The van der Waals surface area contributed by atoms with E-state index in [4.69, 9.17) is 0 Å². The van der Waals surface area contributed by atoms with Crippen LogP contribution in [0.1, 0.15) is 71.6 Å². The third-order valence-electron chi connectivity index (χ3n) is 3.44. The maximum Gasteiger partial charge on any atom is 0.0816 e. The zero-order chi connectivity index (χ0) is 12.3. The Morgan fingerprint density at radius 2 is 1.71 bits per heavy atom. The van der Waals surface area contributed by atoms with Crippen LogP contribution in [0.2, 0.25) is 0 Å². The first kappa shape index (κ1) is 15.1. The van der Waals surface area contributed by atoms with Gasteiger partial charge in [0.05, 0.1) is 6.54 Å². The molecule has 101 valence electrons. The minimum absolute atomic E-state index is 0.148. The van der Waals surface area contributed by atoms with Crippen LogP contribution in [0, 0.1) is 6.54 Å². The molecule has 0 fully saturated rings. The lowest BCUT2D eigenvalue weighted by atomic mass is 10.2. The maximum absolute atomic E-state index is 4.62. The molecule has 1 aliphatic rings. The van der Waals surface area contributed by atoms with Crippen LogP contribution in [0.5, 0.6) is 0 Å². The smallest absolute Gasteiger partial charge is 0.0816 e. The van der Waals surface area contributed by atoms with Crippen LogP contribution >= 0.6 is 10.9 Å². The highest BCUT2D eigenvalue weighted by molar-refractivity contribution is 8.30. The standard InChI is InChI=1S/C15H30NS/c1-3-5-7-8-10-13-17-14-12-16-15(17)11-9-6-4-2/h12,17H,3-11,13-14H2,1-2H3. The van der Waals surface area contributed by atoms with Crippen molar-refractivity contribution in [3.05, 3.63) is 6.54 Å². The number of hydrogen-bond acceptors (Lipinski definition) is 1. The number of aliphatic imine (C=N–C) groups is 1. The number of nitrogens with zero attached hydrogens (tertiary/aromatic N) is 1. The normalized spacial score (nSPS) is 21.8. The SMILES string of the molecule is CCCCCCC[SH]1C[CH]N=C1CCCCC. The third kappa shape index (κ3) is 6.49. The Bertz CT molecular complexity index is 213. The monoisotopic (exact) mass is 256 g/mol. The lowest BCUT2D eigenvalue weighted by Crippen LogP contribution is -2.01.